The second-order valence-electron chi connectivity index (χ2n) is 18.1. The molecular weight excluding hydrogens is 697 g/mol. The van der Waals surface area contributed by atoms with Gasteiger partial charge in [0, 0.05) is 19.3 Å². The zero-order chi connectivity index (χ0) is 41.2. The van der Waals surface area contributed by atoms with Gasteiger partial charge < -0.3 is 14.2 Å². The van der Waals surface area contributed by atoms with Crippen molar-refractivity contribution in [3.8, 4) is 0 Å². The molecule has 0 aromatic rings. The van der Waals surface area contributed by atoms with E-state index in [4.69, 9.17) is 14.2 Å². The largest absolute Gasteiger partial charge is 0.462 e. The fourth-order valence-corrected chi connectivity index (χ4v) is 7.46. The van der Waals surface area contributed by atoms with Gasteiger partial charge in [0.15, 0.2) is 6.10 Å². The highest BCUT2D eigenvalue weighted by atomic mass is 16.6. The Morgan fingerprint density at radius 1 is 0.339 bits per heavy atom. The zero-order valence-electron chi connectivity index (χ0n) is 38.3. The normalized spacial score (nSPS) is 12.1. The number of carbonyl (C=O) groups is 3. The van der Waals surface area contributed by atoms with E-state index in [1.165, 1.54) is 161 Å². The van der Waals surface area contributed by atoms with Gasteiger partial charge in [0.05, 0.1) is 0 Å². The molecule has 0 saturated heterocycles. The van der Waals surface area contributed by atoms with Gasteiger partial charge >= 0.3 is 17.9 Å². The van der Waals surface area contributed by atoms with Crippen LogP contribution in [0.3, 0.4) is 0 Å². The van der Waals surface area contributed by atoms with Gasteiger partial charge in [-0.05, 0) is 31.1 Å². The lowest BCUT2D eigenvalue weighted by molar-refractivity contribution is -0.167. The first-order valence-corrected chi connectivity index (χ1v) is 24.7. The number of esters is 3. The fraction of sp³-hybridized carbons (Fsp3) is 0.940. The predicted octanol–water partition coefficient (Wildman–Crippen LogP) is 15.8. The number of unbranched alkanes of at least 4 members (excludes halogenated alkanes) is 29. The van der Waals surface area contributed by atoms with Gasteiger partial charge in [0.2, 0.25) is 0 Å². The molecule has 6 nitrogen and oxygen atoms in total. The Bertz CT molecular complexity index is 854. The summed E-state index contributed by atoms with van der Waals surface area (Å²) in [6.07, 6.45) is 42.5. The summed E-state index contributed by atoms with van der Waals surface area (Å²) in [5.41, 5.74) is 0. The Morgan fingerprint density at radius 3 is 0.875 bits per heavy atom. The maximum absolute atomic E-state index is 12.8. The van der Waals surface area contributed by atoms with Crippen molar-refractivity contribution in [3.63, 3.8) is 0 Å². The van der Waals surface area contributed by atoms with E-state index in [0.717, 1.165) is 69.6 Å². The maximum Gasteiger partial charge on any atom is 0.306 e. The molecule has 0 saturated carbocycles. The molecule has 0 aliphatic heterocycles. The topological polar surface area (TPSA) is 78.9 Å². The summed E-state index contributed by atoms with van der Waals surface area (Å²) in [5.74, 6) is 0.701. The van der Waals surface area contributed by atoms with E-state index in [1.807, 2.05) is 0 Å². The van der Waals surface area contributed by atoms with Crippen molar-refractivity contribution < 1.29 is 28.6 Å². The first-order chi connectivity index (χ1) is 27.2. The minimum Gasteiger partial charge on any atom is -0.462 e. The molecule has 56 heavy (non-hydrogen) atoms. The second-order valence-corrected chi connectivity index (χ2v) is 18.1. The zero-order valence-corrected chi connectivity index (χ0v) is 38.3. The highest BCUT2D eigenvalue weighted by Crippen LogP contribution is 2.17. The third kappa shape index (κ3) is 43.5. The molecule has 0 bridgehead atoms. The van der Waals surface area contributed by atoms with Gasteiger partial charge in [-0.2, -0.15) is 0 Å². The van der Waals surface area contributed by atoms with Gasteiger partial charge in [0.1, 0.15) is 13.2 Å². The Kier molecular flexibility index (Phi) is 41.8. The molecule has 0 N–H and O–H groups in total. The summed E-state index contributed by atoms with van der Waals surface area (Å²) in [4.78, 5) is 37.8. The van der Waals surface area contributed by atoms with Crippen LogP contribution >= 0.6 is 0 Å². The molecule has 6 heteroatoms. The lowest BCUT2D eigenvalue weighted by Crippen LogP contribution is -2.30. The average molecular weight is 793 g/mol. The molecule has 1 atom stereocenters. The van der Waals surface area contributed by atoms with Crippen LogP contribution in [0.15, 0.2) is 0 Å². The predicted molar refractivity (Wildman–Crippen MR) is 238 cm³/mol. The smallest absolute Gasteiger partial charge is 0.306 e. The Balaban J connectivity index is 4.25. The monoisotopic (exact) mass is 793 g/mol. The molecule has 0 aromatic carbocycles. The van der Waals surface area contributed by atoms with E-state index < -0.39 is 6.10 Å². The molecule has 0 unspecified atom stereocenters. The minimum absolute atomic E-state index is 0.0657. The highest BCUT2D eigenvalue weighted by Gasteiger charge is 2.19. The number of hydrogen-bond donors (Lipinski definition) is 0. The van der Waals surface area contributed by atoms with Crippen LogP contribution in [0, 0.1) is 11.8 Å². The van der Waals surface area contributed by atoms with Crippen molar-refractivity contribution in [1.29, 1.82) is 0 Å². The quantitative estimate of drug-likeness (QED) is 0.0347. The Labute approximate surface area is 348 Å². The third-order valence-corrected chi connectivity index (χ3v) is 11.2. The van der Waals surface area contributed by atoms with E-state index >= 15 is 0 Å². The fourth-order valence-electron chi connectivity index (χ4n) is 7.46. The van der Waals surface area contributed by atoms with Gasteiger partial charge in [-0.1, -0.05) is 234 Å². The van der Waals surface area contributed by atoms with Gasteiger partial charge in [0.25, 0.3) is 0 Å². The number of carbonyl (C=O) groups excluding carboxylic acids is 3. The van der Waals surface area contributed by atoms with E-state index in [0.29, 0.717) is 19.3 Å². The first kappa shape index (κ1) is 54.4. The minimum atomic E-state index is -0.761. The van der Waals surface area contributed by atoms with Gasteiger partial charge in [-0.15, -0.1) is 0 Å². The standard InChI is InChI=1S/C50H96O6/c1-6-7-8-9-10-11-12-13-14-15-16-17-18-19-20-25-32-37-42-50(53)56-47(44-55-49(52)41-36-31-27-26-29-34-39-46(4)5)43-54-48(51)40-35-30-24-22-21-23-28-33-38-45(2)3/h45-47H,6-44H2,1-5H3/t47-/m1/s1. The van der Waals surface area contributed by atoms with Crippen LogP contribution in [-0.2, 0) is 28.6 Å². The SMILES string of the molecule is CCCCCCCCCCCCCCCCCCCCC(=O)O[C@H](COC(=O)CCCCCCCCCCC(C)C)COC(=O)CCCCCCCCC(C)C. The molecular formula is C50H96O6. The van der Waals surface area contributed by atoms with Crippen LogP contribution in [0.4, 0.5) is 0 Å². The van der Waals surface area contributed by atoms with E-state index in [-0.39, 0.29) is 31.1 Å². The summed E-state index contributed by atoms with van der Waals surface area (Å²) in [5, 5.41) is 0. The van der Waals surface area contributed by atoms with Crippen molar-refractivity contribution in [2.75, 3.05) is 13.2 Å². The lowest BCUT2D eigenvalue weighted by atomic mass is 10.0. The van der Waals surface area contributed by atoms with Gasteiger partial charge in [-0.3, -0.25) is 14.4 Å². The summed E-state index contributed by atoms with van der Waals surface area (Å²) in [6, 6.07) is 0. The Morgan fingerprint density at radius 2 is 0.589 bits per heavy atom. The summed E-state index contributed by atoms with van der Waals surface area (Å²) in [7, 11) is 0. The molecule has 0 radical (unpaired) electrons. The molecule has 0 fully saturated rings. The summed E-state index contributed by atoms with van der Waals surface area (Å²) >= 11 is 0. The van der Waals surface area contributed by atoms with Crippen molar-refractivity contribution in [1.82, 2.24) is 0 Å². The lowest BCUT2D eigenvalue weighted by Gasteiger charge is -2.18. The van der Waals surface area contributed by atoms with Crippen molar-refractivity contribution in [3.05, 3.63) is 0 Å². The van der Waals surface area contributed by atoms with Gasteiger partial charge in [-0.25, -0.2) is 0 Å². The van der Waals surface area contributed by atoms with E-state index in [9.17, 15) is 14.4 Å². The van der Waals surface area contributed by atoms with Crippen molar-refractivity contribution >= 4 is 17.9 Å². The molecule has 332 valence electrons. The van der Waals surface area contributed by atoms with Crippen LogP contribution in [0.2, 0.25) is 0 Å². The maximum atomic E-state index is 12.8. The van der Waals surface area contributed by atoms with E-state index in [2.05, 4.69) is 34.6 Å². The highest BCUT2D eigenvalue weighted by molar-refractivity contribution is 5.71. The molecule has 0 aromatic heterocycles. The summed E-state index contributed by atoms with van der Waals surface area (Å²) in [6.45, 7) is 11.3. The number of rotatable bonds is 44. The second kappa shape index (κ2) is 43.0. The molecule has 0 spiro atoms. The number of hydrogen-bond acceptors (Lipinski definition) is 6. The molecule has 0 rings (SSSR count). The third-order valence-electron chi connectivity index (χ3n) is 11.2. The van der Waals surface area contributed by atoms with Crippen LogP contribution < -0.4 is 0 Å². The average Bonchev–Trinajstić information content (AvgIpc) is 3.16. The molecule has 0 amide bonds. The van der Waals surface area contributed by atoms with Crippen molar-refractivity contribution in [2.45, 2.75) is 278 Å². The molecule has 0 heterocycles. The summed E-state index contributed by atoms with van der Waals surface area (Å²) < 4.78 is 16.7. The number of ether oxygens (including phenoxy) is 3. The van der Waals surface area contributed by atoms with Crippen molar-refractivity contribution in [2.24, 2.45) is 11.8 Å². The Hall–Kier alpha value is -1.59. The molecule has 0 aliphatic rings. The first-order valence-electron chi connectivity index (χ1n) is 24.7. The molecule has 0 aliphatic carbocycles. The van der Waals surface area contributed by atoms with Crippen LogP contribution in [0.5, 0.6) is 0 Å². The van der Waals surface area contributed by atoms with Crippen LogP contribution in [0.1, 0.15) is 272 Å². The van der Waals surface area contributed by atoms with Crippen LogP contribution in [-0.4, -0.2) is 37.2 Å². The van der Waals surface area contributed by atoms with E-state index in [1.54, 1.807) is 0 Å². The van der Waals surface area contributed by atoms with Crippen LogP contribution in [0.25, 0.3) is 0 Å².